The number of piperidine rings is 2. The van der Waals surface area contributed by atoms with Gasteiger partial charge in [0.15, 0.2) is 0 Å². The van der Waals surface area contributed by atoms with Gasteiger partial charge in [-0.15, -0.1) is 0 Å². The van der Waals surface area contributed by atoms with Crippen molar-refractivity contribution < 1.29 is 43.1 Å². The number of H-pyrrole nitrogens is 3. The summed E-state index contributed by atoms with van der Waals surface area (Å²) in [5.74, 6) is 4.01. The van der Waals surface area contributed by atoms with E-state index in [9.17, 15) is 20.6 Å². The molecule has 112 heavy (non-hydrogen) atoms. The summed E-state index contributed by atoms with van der Waals surface area (Å²) in [7, 11) is 0. The lowest BCUT2D eigenvalue weighted by molar-refractivity contribution is -0.135. The number of aromatic amines is 3. The van der Waals surface area contributed by atoms with E-state index in [4.69, 9.17) is 53.2 Å². The van der Waals surface area contributed by atoms with Crippen molar-refractivity contribution in [3.63, 3.8) is 0 Å². The average Bonchev–Trinajstić information content (AvgIpc) is 1.63. The van der Waals surface area contributed by atoms with Crippen molar-refractivity contribution >= 4 is 56.1 Å². The van der Waals surface area contributed by atoms with Gasteiger partial charge in [-0.25, -0.2) is 15.0 Å². The average molecular weight is 1500 g/mol. The number of para-hydroxylation sites is 3. The van der Waals surface area contributed by atoms with Crippen molar-refractivity contribution in [2.45, 2.75) is 56.8 Å². The highest BCUT2D eigenvalue weighted by Gasteiger charge is 2.27. The molecule has 9 heterocycles. The summed E-state index contributed by atoms with van der Waals surface area (Å²) in [6.07, 6.45) is 5.04. The second kappa shape index (κ2) is 34.9. The topological polar surface area (TPSA) is 284 Å². The van der Waals surface area contributed by atoms with E-state index in [1.54, 1.807) is 4.90 Å². The third-order valence-electron chi connectivity index (χ3n) is 21.6. The van der Waals surface area contributed by atoms with Crippen LogP contribution in [0.15, 0.2) is 182 Å². The molecule has 0 radical (unpaired) electrons. The molecule has 6 saturated heterocycles. The Labute approximate surface area is 649 Å². The molecule has 23 nitrogen and oxygen atoms in total. The molecule has 12 aromatic rings. The Bertz CT molecular complexity index is 5410. The molecule has 0 saturated carbocycles. The largest absolute Gasteiger partial charge is 0.489 e. The van der Waals surface area contributed by atoms with E-state index in [1.165, 1.54) is 17.1 Å². The lowest BCUT2D eigenvalue weighted by atomic mass is 10.0. The zero-order chi connectivity index (χ0) is 76.1. The van der Waals surface area contributed by atoms with Crippen LogP contribution in [-0.2, 0) is 23.7 Å². The molecule has 3 aromatic heterocycles. The molecule has 0 atom stereocenters. The second-order valence-electron chi connectivity index (χ2n) is 28.6. The number of ether oxygens (including phenoxy) is 7. The summed E-state index contributed by atoms with van der Waals surface area (Å²) in [4.78, 5) is 45.7. The number of carbonyl (C=O) groups is 1. The number of imidazole rings is 3. The molecule has 6 fully saturated rings. The van der Waals surface area contributed by atoms with Gasteiger partial charge in [-0.3, -0.25) is 4.79 Å². The summed E-state index contributed by atoms with van der Waals surface area (Å²) in [6.45, 7) is 13.8. The molecule has 568 valence electrons. The van der Waals surface area contributed by atoms with E-state index in [-0.39, 0.29) is 24.2 Å². The molecule has 23 heteroatoms. The number of likely N-dealkylation sites (tertiary alicyclic amines) is 1. The van der Waals surface area contributed by atoms with Crippen LogP contribution in [0.25, 0.3) is 101 Å². The quantitative estimate of drug-likeness (QED) is 0.0601. The number of aromatic nitrogens is 6. The normalized spacial score (nSPS) is 16.5. The molecule has 6 aliphatic heterocycles. The van der Waals surface area contributed by atoms with Gasteiger partial charge in [0.1, 0.15) is 77.8 Å². The van der Waals surface area contributed by atoms with Crippen LogP contribution in [0.5, 0.6) is 17.2 Å². The lowest BCUT2D eigenvalue weighted by Gasteiger charge is -2.32. The number of hydrogen-bond acceptors (Lipinski definition) is 19. The Balaban J connectivity index is 0.000000127. The maximum absolute atomic E-state index is 11.7. The van der Waals surface area contributed by atoms with Gasteiger partial charge in [-0.05, 0) is 158 Å². The van der Waals surface area contributed by atoms with E-state index in [2.05, 4.69) is 132 Å². The van der Waals surface area contributed by atoms with Gasteiger partial charge in [0.2, 0.25) is 5.91 Å². The van der Waals surface area contributed by atoms with Crippen molar-refractivity contribution in [3.05, 3.63) is 199 Å². The maximum atomic E-state index is 11.7. The first kappa shape index (κ1) is 74.0. The number of nitrogens with zero attached hydrogens (tertiary/aromatic N) is 10. The first-order valence-corrected chi connectivity index (χ1v) is 38.8. The summed E-state index contributed by atoms with van der Waals surface area (Å²) in [5.41, 5.74) is 19.3. The smallest absolute Gasteiger partial charge is 0.248 e. The van der Waals surface area contributed by atoms with Gasteiger partial charge in [-0.2, -0.15) is 15.8 Å². The van der Waals surface area contributed by atoms with Crippen molar-refractivity contribution in [2.75, 3.05) is 140 Å². The molecule has 9 aromatic carbocycles. The highest BCUT2D eigenvalue weighted by Crippen LogP contribution is 2.39. The molecule has 1 amide bonds. The van der Waals surface area contributed by atoms with E-state index >= 15 is 0 Å². The van der Waals surface area contributed by atoms with Gasteiger partial charge in [-0.1, -0.05) is 66.7 Å². The van der Waals surface area contributed by atoms with Gasteiger partial charge < -0.3 is 78.1 Å². The van der Waals surface area contributed by atoms with Crippen LogP contribution >= 0.6 is 0 Å². The van der Waals surface area contributed by atoms with Crippen LogP contribution in [0.3, 0.4) is 0 Å². The van der Waals surface area contributed by atoms with E-state index in [0.29, 0.717) is 73.1 Å². The van der Waals surface area contributed by atoms with Crippen LogP contribution < -0.4 is 34.2 Å². The van der Waals surface area contributed by atoms with E-state index in [1.807, 2.05) is 103 Å². The molecule has 0 spiro atoms. The number of morpholine rings is 3. The van der Waals surface area contributed by atoms with E-state index in [0.717, 1.165) is 218 Å². The molecule has 0 aliphatic carbocycles. The molecule has 0 unspecified atom stereocenters. The number of benzene rings is 9. The number of fused-ring (bicyclic) bond motifs is 3. The minimum Gasteiger partial charge on any atom is -0.489 e. The monoisotopic (exact) mass is 1500 g/mol. The van der Waals surface area contributed by atoms with Crippen molar-refractivity contribution in [2.24, 2.45) is 0 Å². The fourth-order valence-corrected chi connectivity index (χ4v) is 15.4. The number of hydrogen-bond donors (Lipinski definition) is 5. The number of amides is 1. The molecular formula is C89H88N14O9. The Kier molecular flexibility index (Phi) is 23.0. The van der Waals surface area contributed by atoms with Crippen LogP contribution in [0.1, 0.15) is 55.2 Å². The summed E-state index contributed by atoms with van der Waals surface area (Å²) in [6, 6.07) is 67.9. The zero-order valence-electron chi connectivity index (χ0n) is 62.4. The fourth-order valence-electron chi connectivity index (χ4n) is 15.4. The van der Waals surface area contributed by atoms with Crippen LogP contribution in [-0.4, -0.2) is 189 Å². The second-order valence-corrected chi connectivity index (χ2v) is 28.6. The fraction of sp³-hybridized carbons (Fsp3) is 0.315. The van der Waals surface area contributed by atoms with Gasteiger partial charge in [0, 0.05) is 128 Å². The predicted octanol–water partition coefficient (Wildman–Crippen LogP) is 13.9. The Hall–Kier alpha value is -12.1. The summed E-state index contributed by atoms with van der Waals surface area (Å²) >= 11 is 0. The Morgan fingerprint density at radius 3 is 1.15 bits per heavy atom. The first-order chi connectivity index (χ1) is 55.2. The summed E-state index contributed by atoms with van der Waals surface area (Å²) in [5, 5.41) is 42.0. The lowest BCUT2D eigenvalue weighted by Crippen LogP contribution is -2.42. The molecule has 0 bridgehead atoms. The zero-order valence-corrected chi connectivity index (χ0v) is 62.4. The van der Waals surface area contributed by atoms with Gasteiger partial charge in [0.25, 0.3) is 0 Å². The molecule has 6 aliphatic rings. The minimum absolute atomic E-state index is 0.0854. The predicted molar refractivity (Wildman–Crippen MR) is 432 cm³/mol. The minimum atomic E-state index is -0.475. The van der Waals surface area contributed by atoms with Crippen molar-refractivity contribution in [3.8, 4) is 103 Å². The van der Waals surface area contributed by atoms with Crippen molar-refractivity contribution in [1.29, 1.82) is 15.8 Å². The molecular weight excluding hydrogens is 1410 g/mol. The Morgan fingerprint density at radius 2 is 0.750 bits per heavy atom. The standard InChI is InChI=1S/C31H31N5O4.C29H29N5O2.C29H28N4O3/c32-19-23-18-22(6-9-28(23)40-25-10-12-36(13-11-25)29(38)20-37)26-2-1-3-27-30(26)34-31(33-27)21-4-7-24(8-5-21)35-14-16-39-17-15-35;30-19-22-18-21(6-9-27(22)36-24-10-12-31-13-11-24)25-2-1-3-26-28(25)33-29(32-26)20-4-7-23(8-5-20)34-14-16-35-17-15-34;30-19-22-17-20(7-8-27(22)36-24-9-13-34-14-10-24)25-5-2-6-26-28(25)32-29(31-26)21-3-1-4-23(18-21)33-11-15-35-16-12-33/h1-9,18,25,37H,10-17,20H2,(H,33,34);1-9,18,24,31H,10-17H2,(H,32,33);1-8,17-18,24H,9-16H2,(H,31,32). The Morgan fingerprint density at radius 1 is 0.393 bits per heavy atom. The summed E-state index contributed by atoms with van der Waals surface area (Å²) < 4.78 is 40.3. The molecule has 18 rings (SSSR count). The highest BCUT2D eigenvalue weighted by molar-refractivity contribution is 5.97. The van der Waals surface area contributed by atoms with Crippen molar-refractivity contribution in [1.82, 2.24) is 40.1 Å². The van der Waals surface area contributed by atoms with Gasteiger partial charge >= 0.3 is 0 Å². The van der Waals surface area contributed by atoms with Crippen LogP contribution in [0.2, 0.25) is 0 Å². The third kappa shape index (κ3) is 16.9. The number of carbonyl (C=O) groups excluding carboxylic acids is 1. The van der Waals surface area contributed by atoms with Gasteiger partial charge in [0.05, 0.1) is 103 Å². The highest BCUT2D eigenvalue weighted by atomic mass is 16.5. The number of aliphatic hydroxyl groups is 1. The SMILES string of the molecule is N#Cc1cc(-c2cccc3[nH]c(-c4ccc(N5CCOCC5)cc4)nc23)ccc1OC1CCN(C(=O)CO)CC1.N#Cc1cc(-c2cccc3[nH]c(-c4ccc(N5CCOCC5)cc4)nc23)ccc1OC1CCNCC1.N#Cc1cc(-c2cccc3[nH]c(-c4cccc(N5CCOCC5)c4)nc23)ccc1OC1CCOCC1. The first-order valence-electron chi connectivity index (χ1n) is 38.8. The number of nitrogens with one attached hydrogen (secondary N) is 4. The number of anilines is 3. The number of rotatable bonds is 16. The molecule has 5 N–H and O–H groups in total. The maximum Gasteiger partial charge on any atom is 0.248 e. The third-order valence-corrected chi connectivity index (χ3v) is 21.6. The number of aliphatic hydroxyl groups excluding tert-OH is 1. The van der Waals surface area contributed by atoms with E-state index < -0.39 is 6.61 Å². The van der Waals surface area contributed by atoms with Crippen LogP contribution in [0.4, 0.5) is 17.1 Å². The van der Waals surface area contributed by atoms with Crippen LogP contribution in [0, 0.1) is 34.0 Å². The number of nitriles is 3.